The van der Waals surface area contributed by atoms with Crippen molar-refractivity contribution >= 4 is 28.6 Å². The third-order valence-corrected chi connectivity index (χ3v) is 6.05. The van der Waals surface area contributed by atoms with E-state index >= 15 is 0 Å². The lowest BCUT2D eigenvalue weighted by Crippen LogP contribution is -2.19. The summed E-state index contributed by atoms with van der Waals surface area (Å²) in [5.41, 5.74) is 2.06. The van der Waals surface area contributed by atoms with Gasteiger partial charge in [0.1, 0.15) is 16.8 Å². The smallest absolute Gasteiger partial charge is 0.143 e. The van der Waals surface area contributed by atoms with Crippen LogP contribution in [0.25, 0.3) is 11.1 Å². The average molecular weight is 366 g/mol. The number of thioether (sulfide) groups is 1. The Hall–Kier alpha value is -1.27. The van der Waals surface area contributed by atoms with Crippen molar-refractivity contribution in [3.63, 3.8) is 0 Å². The van der Waals surface area contributed by atoms with Crippen molar-refractivity contribution in [2.45, 2.75) is 43.9 Å². The second-order valence-electron chi connectivity index (χ2n) is 5.84. The molecule has 0 aliphatic carbocycles. The van der Waals surface area contributed by atoms with Crippen LogP contribution in [0.5, 0.6) is 0 Å². The lowest BCUT2D eigenvalue weighted by atomic mass is 10.1. The zero-order valence-electron chi connectivity index (χ0n) is 14.7. The van der Waals surface area contributed by atoms with Gasteiger partial charge in [-0.05, 0) is 29.9 Å². The van der Waals surface area contributed by atoms with Gasteiger partial charge in [-0.2, -0.15) is 5.10 Å². The van der Waals surface area contributed by atoms with Crippen LogP contribution in [0.2, 0.25) is 0 Å². The predicted molar refractivity (Wildman–Crippen MR) is 106 cm³/mol. The molecule has 4 nitrogen and oxygen atoms in total. The van der Waals surface area contributed by atoms with Crippen LogP contribution < -0.4 is 4.31 Å². The Kier molecular flexibility index (Phi) is 7.85. The highest BCUT2D eigenvalue weighted by Gasteiger charge is 2.14. The summed E-state index contributed by atoms with van der Waals surface area (Å²) in [4.78, 5) is 1.30. The van der Waals surface area contributed by atoms with E-state index in [2.05, 4.69) is 41.4 Å². The fourth-order valence-corrected chi connectivity index (χ4v) is 3.79. The van der Waals surface area contributed by atoms with Gasteiger partial charge in [-0.15, -0.1) is 11.8 Å². The number of rotatable bonds is 10. The first-order valence-electron chi connectivity index (χ1n) is 8.47. The Labute approximate surface area is 152 Å². The summed E-state index contributed by atoms with van der Waals surface area (Å²) in [6.07, 6.45) is 10.1. The van der Waals surface area contributed by atoms with E-state index in [-0.39, 0.29) is 0 Å². The van der Waals surface area contributed by atoms with Gasteiger partial charge >= 0.3 is 0 Å². The summed E-state index contributed by atoms with van der Waals surface area (Å²) >= 11 is 1.92. The Morgan fingerprint density at radius 3 is 2.54 bits per heavy atom. The zero-order chi connectivity index (χ0) is 17.4. The number of nitrogens with zero attached hydrogens (tertiary/aromatic N) is 2. The quantitative estimate of drug-likeness (QED) is 0.483. The molecule has 1 aromatic carbocycles. The molecule has 0 saturated heterocycles. The molecule has 1 N–H and O–H groups in total. The minimum Gasteiger partial charge on any atom is -0.279 e. The van der Waals surface area contributed by atoms with Gasteiger partial charge in [0, 0.05) is 23.8 Å². The highest BCUT2D eigenvalue weighted by atomic mass is 32.2. The minimum absolute atomic E-state index is 0.784. The molecular formula is C18H27N3OS2. The number of hydrogen-bond donors (Lipinski definition) is 1. The predicted octanol–water partition coefficient (Wildman–Crippen LogP) is 4.87. The average Bonchev–Trinajstić information content (AvgIpc) is 3.07. The normalized spacial score (nSPS) is 12.3. The SMILES string of the molecule is CCCCCCCSc1ccc(-c2cn[nH]c2N(C)S(C)=O)cc1. The third kappa shape index (κ3) is 5.38. The van der Waals surface area contributed by atoms with Crippen LogP contribution in [-0.2, 0) is 11.0 Å². The van der Waals surface area contributed by atoms with Crippen molar-refractivity contribution in [3.05, 3.63) is 30.5 Å². The van der Waals surface area contributed by atoms with E-state index < -0.39 is 11.0 Å². The topological polar surface area (TPSA) is 49.0 Å². The number of aromatic amines is 1. The van der Waals surface area contributed by atoms with Crippen LogP contribution in [0, 0.1) is 0 Å². The molecule has 2 rings (SSSR count). The van der Waals surface area contributed by atoms with Crippen LogP contribution in [0.3, 0.4) is 0 Å². The largest absolute Gasteiger partial charge is 0.279 e. The highest BCUT2D eigenvalue weighted by molar-refractivity contribution is 7.99. The number of anilines is 1. The summed E-state index contributed by atoms with van der Waals surface area (Å²) in [6, 6.07) is 8.54. The van der Waals surface area contributed by atoms with E-state index in [0.29, 0.717) is 0 Å². The van der Waals surface area contributed by atoms with Crippen molar-refractivity contribution in [1.82, 2.24) is 10.2 Å². The first kappa shape index (κ1) is 19.1. The molecule has 0 bridgehead atoms. The Balaban J connectivity index is 1.93. The fourth-order valence-electron chi connectivity index (χ4n) is 2.49. The van der Waals surface area contributed by atoms with Crippen LogP contribution in [0.4, 0.5) is 5.82 Å². The third-order valence-electron chi connectivity index (χ3n) is 4.00. The first-order chi connectivity index (χ1) is 11.6. The maximum absolute atomic E-state index is 11.7. The van der Waals surface area contributed by atoms with Gasteiger partial charge in [-0.3, -0.25) is 9.40 Å². The molecule has 0 radical (unpaired) electrons. The second-order valence-corrected chi connectivity index (χ2v) is 8.40. The molecule has 1 aromatic heterocycles. The van der Waals surface area contributed by atoms with Crippen LogP contribution >= 0.6 is 11.8 Å². The molecule has 24 heavy (non-hydrogen) atoms. The van der Waals surface area contributed by atoms with Crippen molar-refractivity contribution in [3.8, 4) is 11.1 Å². The number of benzene rings is 1. The zero-order valence-corrected chi connectivity index (χ0v) is 16.4. The van der Waals surface area contributed by atoms with Gasteiger partial charge in [0.2, 0.25) is 0 Å². The molecule has 0 amide bonds. The molecule has 0 saturated carbocycles. The summed E-state index contributed by atoms with van der Waals surface area (Å²) < 4.78 is 13.4. The Morgan fingerprint density at radius 2 is 1.88 bits per heavy atom. The Morgan fingerprint density at radius 1 is 1.17 bits per heavy atom. The van der Waals surface area contributed by atoms with Crippen molar-refractivity contribution in [1.29, 1.82) is 0 Å². The van der Waals surface area contributed by atoms with Gasteiger partial charge in [-0.25, -0.2) is 4.21 Å². The summed E-state index contributed by atoms with van der Waals surface area (Å²) in [5.74, 6) is 1.96. The van der Waals surface area contributed by atoms with Crippen molar-refractivity contribution < 1.29 is 4.21 Å². The molecule has 1 atom stereocenters. The van der Waals surface area contributed by atoms with E-state index in [1.807, 2.05) is 11.8 Å². The summed E-state index contributed by atoms with van der Waals surface area (Å²) in [7, 11) is 0.723. The highest BCUT2D eigenvalue weighted by Crippen LogP contribution is 2.30. The molecule has 1 heterocycles. The molecular weight excluding hydrogens is 338 g/mol. The molecule has 6 heteroatoms. The molecule has 0 spiro atoms. The van der Waals surface area contributed by atoms with E-state index in [4.69, 9.17) is 0 Å². The molecule has 0 fully saturated rings. The van der Waals surface area contributed by atoms with Gasteiger partial charge < -0.3 is 0 Å². The number of aromatic nitrogens is 2. The number of nitrogens with one attached hydrogen (secondary N) is 1. The number of H-pyrrole nitrogens is 1. The molecule has 1 unspecified atom stereocenters. The molecule has 2 aromatic rings. The van der Waals surface area contributed by atoms with Gasteiger partial charge in [0.25, 0.3) is 0 Å². The van der Waals surface area contributed by atoms with E-state index in [9.17, 15) is 4.21 Å². The minimum atomic E-state index is -1.08. The molecule has 132 valence electrons. The van der Waals surface area contributed by atoms with E-state index in [0.717, 1.165) is 16.9 Å². The maximum Gasteiger partial charge on any atom is 0.143 e. The van der Waals surface area contributed by atoms with Crippen LogP contribution in [0.15, 0.2) is 35.4 Å². The monoisotopic (exact) mass is 365 g/mol. The van der Waals surface area contributed by atoms with E-state index in [1.54, 1.807) is 23.8 Å². The van der Waals surface area contributed by atoms with Crippen LogP contribution in [-0.4, -0.2) is 33.5 Å². The number of hydrogen-bond acceptors (Lipinski definition) is 3. The van der Waals surface area contributed by atoms with Gasteiger partial charge in [0.15, 0.2) is 0 Å². The standard InChI is InChI=1S/C18H27N3OS2/c1-4-5-6-7-8-13-23-16-11-9-15(10-12-16)17-14-19-20-18(17)21(2)24(3)22/h9-12,14H,4-8,13H2,1-3H3,(H,19,20). The lowest BCUT2D eigenvalue weighted by molar-refractivity contribution is 0.659. The summed E-state index contributed by atoms with van der Waals surface area (Å²) in [5, 5.41) is 7.04. The number of unbranched alkanes of at least 4 members (excludes halogenated alkanes) is 4. The summed E-state index contributed by atoms with van der Waals surface area (Å²) in [6.45, 7) is 2.25. The van der Waals surface area contributed by atoms with Gasteiger partial charge in [0.05, 0.1) is 6.20 Å². The van der Waals surface area contributed by atoms with Gasteiger partial charge in [-0.1, -0.05) is 44.7 Å². The lowest BCUT2D eigenvalue weighted by Gasteiger charge is -2.15. The maximum atomic E-state index is 11.7. The Bertz CT molecular complexity index is 640. The molecule has 0 aliphatic rings. The first-order valence-corrected chi connectivity index (χ1v) is 11.0. The van der Waals surface area contributed by atoms with Crippen molar-refractivity contribution in [2.24, 2.45) is 0 Å². The molecule has 0 aliphatic heterocycles. The van der Waals surface area contributed by atoms with Crippen LogP contribution in [0.1, 0.15) is 39.0 Å². The van der Waals surface area contributed by atoms with E-state index in [1.165, 1.54) is 42.8 Å². The second kappa shape index (κ2) is 9.89. The van der Waals surface area contributed by atoms with Crippen molar-refractivity contribution in [2.75, 3.05) is 23.4 Å². The fraction of sp³-hybridized carbons (Fsp3) is 0.500.